The second-order valence-corrected chi connectivity index (χ2v) is 5.50. The molecule has 0 aliphatic rings. The van der Waals surface area contributed by atoms with Gasteiger partial charge in [-0.15, -0.1) is 0 Å². The molecule has 2 N–H and O–H groups in total. The highest BCUT2D eigenvalue weighted by Crippen LogP contribution is 2.28. The van der Waals surface area contributed by atoms with Crippen LogP contribution in [0.3, 0.4) is 0 Å². The lowest BCUT2D eigenvalue weighted by Crippen LogP contribution is -2.32. The van der Waals surface area contributed by atoms with Crippen LogP contribution in [0.4, 0.5) is 5.69 Å². The molecule has 0 aromatic heterocycles. The van der Waals surface area contributed by atoms with Crippen molar-refractivity contribution in [2.45, 2.75) is 39.7 Å². The molecule has 1 aromatic rings. The van der Waals surface area contributed by atoms with Gasteiger partial charge in [-0.2, -0.15) is 0 Å². The van der Waals surface area contributed by atoms with E-state index in [4.69, 9.17) is 0 Å². The molecule has 0 heterocycles. The smallest absolute Gasteiger partial charge is 0.0788 e. The molecular formula is C13H20BrNO. The summed E-state index contributed by atoms with van der Waals surface area (Å²) in [5.74, 6) is 0. The van der Waals surface area contributed by atoms with Crippen molar-refractivity contribution in [1.82, 2.24) is 0 Å². The fourth-order valence-corrected chi connectivity index (χ4v) is 2.36. The Kier molecular flexibility index (Phi) is 4.39. The van der Waals surface area contributed by atoms with Crippen molar-refractivity contribution in [1.29, 1.82) is 0 Å². The molecule has 0 radical (unpaired) electrons. The monoisotopic (exact) mass is 285 g/mol. The molecule has 2 nitrogen and oxygen atoms in total. The van der Waals surface area contributed by atoms with Crippen LogP contribution in [-0.4, -0.2) is 17.3 Å². The lowest BCUT2D eigenvalue weighted by Gasteiger charge is -2.23. The highest BCUT2D eigenvalue weighted by molar-refractivity contribution is 9.10. The molecule has 3 heteroatoms. The molecule has 0 saturated heterocycles. The Morgan fingerprint density at radius 2 is 2.00 bits per heavy atom. The van der Waals surface area contributed by atoms with Gasteiger partial charge in [-0.25, -0.2) is 0 Å². The minimum atomic E-state index is -0.656. The van der Waals surface area contributed by atoms with Crippen LogP contribution in [0.5, 0.6) is 0 Å². The largest absolute Gasteiger partial charge is 0.388 e. The normalized spacial score (nSPS) is 14.6. The number of aryl methyl sites for hydroxylation is 2. The summed E-state index contributed by atoms with van der Waals surface area (Å²) in [5, 5.41) is 13.2. The van der Waals surface area contributed by atoms with Crippen molar-refractivity contribution in [3.05, 3.63) is 27.7 Å². The number of rotatable bonds is 4. The number of halogens is 1. The first-order valence-corrected chi connectivity index (χ1v) is 6.38. The van der Waals surface area contributed by atoms with Crippen molar-refractivity contribution >= 4 is 21.6 Å². The zero-order valence-corrected chi connectivity index (χ0v) is 12.0. The zero-order valence-electron chi connectivity index (χ0n) is 10.4. The third kappa shape index (κ3) is 3.49. The highest BCUT2D eigenvalue weighted by Gasteiger charge is 2.17. The van der Waals surface area contributed by atoms with Gasteiger partial charge in [0.15, 0.2) is 0 Å². The summed E-state index contributed by atoms with van der Waals surface area (Å²) in [7, 11) is 0. The minimum absolute atomic E-state index is 0.562. The van der Waals surface area contributed by atoms with Crippen LogP contribution in [-0.2, 0) is 0 Å². The number of hydrogen-bond acceptors (Lipinski definition) is 2. The topological polar surface area (TPSA) is 32.3 Å². The number of benzene rings is 1. The molecule has 16 heavy (non-hydrogen) atoms. The summed E-state index contributed by atoms with van der Waals surface area (Å²) in [4.78, 5) is 0. The van der Waals surface area contributed by atoms with E-state index in [1.807, 2.05) is 13.8 Å². The molecule has 1 rings (SSSR count). The Morgan fingerprint density at radius 1 is 1.38 bits per heavy atom. The maximum absolute atomic E-state index is 9.94. The van der Waals surface area contributed by atoms with E-state index in [-0.39, 0.29) is 0 Å². The third-order valence-electron chi connectivity index (χ3n) is 2.84. The molecular weight excluding hydrogens is 266 g/mol. The van der Waals surface area contributed by atoms with Crippen molar-refractivity contribution in [2.24, 2.45) is 0 Å². The second-order valence-electron chi connectivity index (χ2n) is 4.64. The lowest BCUT2D eigenvalue weighted by molar-refractivity contribution is 0.0697. The van der Waals surface area contributed by atoms with E-state index in [2.05, 4.69) is 47.2 Å². The molecule has 0 bridgehead atoms. The van der Waals surface area contributed by atoms with Gasteiger partial charge in [-0.1, -0.05) is 13.0 Å². The second kappa shape index (κ2) is 5.19. The van der Waals surface area contributed by atoms with Gasteiger partial charge in [0, 0.05) is 11.0 Å². The Hall–Kier alpha value is -0.540. The van der Waals surface area contributed by atoms with Crippen LogP contribution in [0, 0.1) is 13.8 Å². The van der Waals surface area contributed by atoms with Gasteiger partial charge < -0.3 is 10.4 Å². The average Bonchev–Trinajstić information content (AvgIpc) is 2.16. The van der Waals surface area contributed by atoms with Crippen molar-refractivity contribution in [3.8, 4) is 0 Å². The van der Waals surface area contributed by atoms with Crippen LogP contribution in [0.25, 0.3) is 0 Å². The number of aliphatic hydroxyl groups is 1. The van der Waals surface area contributed by atoms with E-state index < -0.39 is 5.60 Å². The van der Waals surface area contributed by atoms with Crippen LogP contribution in [0.15, 0.2) is 16.6 Å². The predicted octanol–water partition coefficient (Wildman–Crippen LogP) is 3.64. The Labute approximate surface area is 106 Å². The molecule has 1 unspecified atom stereocenters. The third-order valence-corrected chi connectivity index (χ3v) is 3.46. The van der Waals surface area contributed by atoms with Gasteiger partial charge in [0.25, 0.3) is 0 Å². The lowest BCUT2D eigenvalue weighted by atomic mass is 10.0. The zero-order chi connectivity index (χ0) is 12.3. The molecule has 0 fully saturated rings. The van der Waals surface area contributed by atoms with Crippen molar-refractivity contribution in [2.75, 3.05) is 11.9 Å². The van der Waals surface area contributed by atoms with Crippen LogP contribution < -0.4 is 5.32 Å². The first-order valence-electron chi connectivity index (χ1n) is 5.59. The summed E-state index contributed by atoms with van der Waals surface area (Å²) in [6.07, 6.45) is 0.739. The van der Waals surface area contributed by atoms with E-state index in [1.54, 1.807) is 0 Å². The van der Waals surface area contributed by atoms with Gasteiger partial charge in [-0.3, -0.25) is 0 Å². The van der Waals surface area contributed by atoms with Crippen LogP contribution in [0.1, 0.15) is 31.4 Å². The quantitative estimate of drug-likeness (QED) is 0.885. The van der Waals surface area contributed by atoms with E-state index in [9.17, 15) is 5.11 Å². The summed E-state index contributed by atoms with van der Waals surface area (Å²) in [6.45, 7) is 8.53. The van der Waals surface area contributed by atoms with Gasteiger partial charge in [0.2, 0.25) is 0 Å². The van der Waals surface area contributed by atoms with E-state index in [0.717, 1.165) is 16.6 Å². The van der Waals surface area contributed by atoms with E-state index in [1.165, 1.54) is 11.1 Å². The van der Waals surface area contributed by atoms with Gasteiger partial charge in [-0.05, 0) is 60.3 Å². The standard InChI is InChI=1S/C13H20BrNO/c1-5-13(4,16)8-15-12-10(3)6-9(2)7-11(12)14/h6-7,15-16H,5,8H2,1-4H3. The molecule has 0 aliphatic carbocycles. The minimum Gasteiger partial charge on any atom is -0.388 e. The first-order chi connectivity index (χ1) is 7.35. The van der Waals surface area contributed by atoms with Gasteiger partial charge in [0.1, 0.15) is 0 Å². The molecule has 90 valence electrons. The number of nitrogens with one attached hydrogen (secondary N) is 1. The average molecular weight is 286 g/mol. The molecule has 1 atom stereocenters. The highest BCUT2D eigenvalue weighted by atomic mass is 79.9. The summed E-state index contributed by atoms with van der Waals surface area (Å²) in [6, 6.07) is 4.21. The summed E-state index contributed by atoms with van der Waals surface area (Å²) in [5.41, 5.74) is 2.84. The molecule has 1 aromatic carbocycles. The number of anilines is 1. The fraction of sp³-hybridized carbons (Fsp3) is 0.538. The molecule has 0 spiro atoms. The fourth-order valence-electron chi connectivity index (χ4n) is 1.54. The number of hydrogen-bond donors (Lipinski definition) is 2. The summed E-state index contributed by atoms with van der Waals surface area (Å²) >= 11 is 3.54. The molecule has 0 amide bonds. The van der Waals surface area contributed by atoms with Gasteiger partial charge >= 0.3 is 0 Å². The summed E-state index contributed by atoms with van der Waals surface area (Å²) < 4.78 is 1.05. The van der Waals surface area contributed by atoms with Crippen LogP contribution >= 0.6 is 15.9 Å². The maximum atomic E-state index is 9.94. The Balaban J connectivity index is 2.82. The van der Waals surface area contributed by atoms with Crippen molar-refractivity contribution in [3.63, 3.8) is 0 Å². The Morgan fingerprint density at radius 3 is 2.50 bits per heavy atom. The van der Waals surface area contributed by atoms with E-state index in [0.29, 0.717) is 6.54 Å². The van der Waals surface area contributed by atoms with Crippen LogP contribution in [0.2, 0.25) is 0 Å². The molecule has 0 saturated carbocycles. The maximum Gasteiger partial charge on any atom is 0.0788 e. The first kappa shape index (κ1) is 13.5. The molecule has 0 aliphatic heterocycles. The van der Waals surface area contributed by atoms with E-state index >= 15 is 0 Å². The van der Waals surface area contributed by atoms with Gasteiger partial charge in [0.05, 0.1) is 11.3 Å². The Bertz CT molecular complexity index is 351. The van der Waals surface area contributed by atoms with Crippen molar-refractivity contribution < 1.29 is 5.11 Å². The predicted molar refractivity (Wildman–Crippen MR) is 73.0 cm³/mol. The SMILES string of the molecule is CCC(C)(O)CNc1c(C)cc(C)cc1Br.